The fraction of sp³-hybridized carbons (Fsp3) is 0.417. The molecule has 5 heteroatoms. The zero-order valence-corrected chi connectivity index (χ0v) is 9.14. The molecular weight excluding hydrogens is 222 g/mol. The second-order valence-electron chi connectivity index (χ2n) is 4.42. The molecule has 0 bridgehead atoms. The first-order valence-corrected chi connectivity index (χ1v) is 5.69. The van der Waals surface area contributed by atoms with E-state index in [-0.39, 0.29) is 5.92 Å². The minimum absolute atomic E-state index is 0.135. The maximum Gasteiger partial charge on any atom is 0.336 e. The maximum atomic E-state index is 11.9. The minimum atomic E-state index is -0.519. The van der Waals surface area contributed by atoms with Gasteiger partial charge < -0.3 is 4.84 Å². The molecule has 0 spiro atoms. The molecule has 3 aliphatic rings. The van der Waals surface area contributed by atoms with Crippen LogP contribution in [-0.2, 0) is 19.2 Å². The maximum absolute atomic E-state index is 11.9. The van der Waals surface area contributed by atoms with E-state index in [1.54, 1.807) is 6.08 Å². The summed E-state index contributed by atoms with van der Waals surface area (Å²) in [6.07, 6.45) is 6.31. The number of hydroxylamine groups is 2. The highest BCUT2D eigenvalue weighted by Gasteiger charge is 2.42. The molecule has 3 rings (SSSR count). The predicted molar refractivity (Wildman–Crippen MR) is 56.1 cm³/mol. The predicted octanol–water partition coefficient (Wildman–Crippen LogP) is 0.870. The van der Waals surface area contributed by atoms with Gasteiger partial charge >= 0.3 is 5.97 Å². The molecule has 0 radical (unpaired) electrons. The summed E-state index contributed by atoms with van der Waals surface area (Å²) >= 11 is 0. The Labute approximate surface area is 97.7 Å². The number of nitrogens with zero attached hydrogens (tertiary/aromatic N) is 1. The molecule has 2 aliphatic carbocycles. The van der Waals surface area contributed by atoms with Crippen molar-refractivity contribution >= 4 is 17.8 Å². The molecule has 5 nitrogen and oxygen atoms in total. The highest BCUT2D eigenvalue weighted by Crippen LogP contribution is 2.33. The molecule has 1 fully saturated rings. The summed E-state index contributed by atoms with van der Waals surface area (Å²) in [5.41, 5.74) is 0.825. The van der Waals surface area contributed by atoms with Gasteiger partial charge in [-0.3, -0.25) is 9.59 Å². The average molecular weight is 233 g/mol. The van der Waals surface area contributed by atoms with Crippen LogP contribution in [0.1, 0.15) is 25.7 Å². The van der Waals surface area contributed by atoms with Crippen LogP contribution >= 0.6 is 0 Å². The lowest BCUT2D eigenvalue weighted by molar-refractivity contribution is -0.197. The summed E-state index contributed by atoms with van der Waals surface area (Å²) < 4.78 is 0. The van der Waals surface area contributed by atoms with Gasteiger partial charge in [-0.1, -0.05) is 17.2 Å². The van der Waals surface area contributed by atoms with E-state index in [2.05, 4.69) is 0 Å². The zero-order valence-electron chi connectivity index (χ0n) is 9.14. The number of carbonyl (C=O) groups excluding carboxylic acids is 3. The van der Waals surface area contributed by atoms with E-state index in [0.717, 1.165) is 19.3 Å². The van der Waals surface area contributed by atoms with Gasteiger partial charge in [0, 0.05) is 5.57 Å². The number of hydrogen-bond acceptors (Lipinski definition) is 4. The summed E-state index contributed by atoms with van der Waals surface area (Å²) in [5.74, 6) is -1.61. The lowest BCUT2D eigenvalue weighted by atomic mass is 10.00. The number of rotatable bonds is 2. The van der Waals surface area contributed by atoms with Gasteiger partial charge in [0.15, 0.2) is 0 Å². The number of imide groups is 1. The van der Waals surface area contributed by atoms with Crippen LogP contribution < -0.4 is 0 Å². The van der Waals surface area contributed by atoms with E-state index in [4.69, 9.17) is 4.84 Å². The molecule has 0 saturated heterocycles. The van der Waals surface area contributed by atoms with Crippen LogP contribution in [-0.4, -0.2) is 22.8 Å². The van der Waals surface area contributed by atoms with E-state index < -0.39 is 17.8 Å². The smallest absolute Gasteiger partial charge is 0.329 e. The van der Waals surface area contributed by atoms with Crippen molar-refractivity contribution in [2.75, 3.05) is 0 Å². The minimum Gasteiger partial charge on any atom is -0.329 e. The molecular formula is C12H11NO4. The Balaban J connectivity index is 1.80. The Morgan fingerprint density at radius 1 is 1.29 bits per heavy atom. The van der Waals surface area contributed by atoms with Crippen molar-refractivity contribution in [1.29, 1.82) is 0 Å². The largest absolute Gasteiger partial charge is 0.336 e. The fourth-order valence-corrected chi connectivity index (χ4v) is 1.98. The highest BCUT2D eigenvalue weighted by atomic mass is 16.7. The summed E-state index contributed by atoms with van der Waals surface area (Å²) in [6.45, 7) is 0. The van der Waals surface area contributed by atoms with Gasteiger partial charge in [0.2, 0.25) is 0 Å². The summed E-state index contributed by atoms with van der Waals surface area (Å²) in [4.78, 5) is 40.0. The molecule has 88 valence electrons. The second-order valence-corrected chi connectivity index (χ2v) is 4.42. The first kappa shape index (κ1) is 10.3. The molecule has 17 heavy (non-hydrogen) atoms. The quantitative estimate of drug-likeness (QED) is 0.664. The van der Waals surface area contributed by atoms with Crippen LogP contribution in [0, 0.1) is 5.92 Å². The normalized spacial score (nSPS) is 23.2. The molecule has 2 amide bonds. The van der Waals surface area contributed by atoms with Crippen molar-refractivity contribution in [3.05, 3.63) is 23.3 Å². The van der Waals surface area contributed by atoms with Crippen LogP contribution in [0.4, 0.5) is 0 Å². The van der Waals surface area contributed by atoms with E-state index in [1.165, 1.54) is 0 Å². The van der Waals surface area contributed by atoms with Gasteiger partial charge in [0.1, 0.15) is 0 Å². The van der Waals surface area contributed by atoms with E-state index in [9.17, 15) is 14.4 Å². The van der Waals surface area contributed by atoms with Gasteiger partial charge in [0.25, 0.3) is 11.8 Å². The fourth-order valence-electron chi connectivity index (χ4n) is 1.98. The van der Waals surface area contributed by atoms with Gasteiger partial charge in [-0.05, 0) is 25.7 Å². The van der Waals surface area contributed by atoms with Crippen molar-refractivity contribution < 1.29 is 19.2 Å². The molecule has 0 aromatic heterocycles. The molecule has 0 aromatic rings. The van der Waals surface area contributed by atoms with Crippen LogP contribution in [0.2, 0.25) is 0 Å². The first-order valence-electron chi connectivity index (χ1n) is 5.69. The lowest BCUT2D eigenvalue weighted by Gasteiger charge is -2.13. The molecule has 1 heterocycles. The third kappa shape index (κ3) is 1.58. The molecule has 1 saturated carbocycles. The van der Waals surface area contributed by atoms with Crippen LogP contribution in [0.25, 0.3) is 0 Å². The van der Waals surface area contributed by atoms with Crippen molar-refractivity contribution in [3.8, 4) is 0 Å². The Bertz CT molecular complexity index is 485. The van der Waals surface area contributed by atoms with Crippen molar-refractivity contribution in [2.45, 2.75) is 25.7 Å². The number of hydrogen-bond donors (Lipinski definition) is 0. The Kier molecular flexibility index (Phi) is 2.14. The Morgan fingerprint density at radius 3 is 2.71 bits per heavy atom. The van der Waals surface area contributed by atoms with Crippen LogP contribution in [0.15, 0.2) is 23.3 Å². The molecule has 0 aromatic carbocycles. The van der Waals surface area contributed by atoms with Gasteiger partial charge in [0.05, 0.1) is 11.5 Å². The van der Waals surface area contributed by atoms with Gasteiger partial charge in [-0.15, -0.1) is 0 Å². The zero-order chi connectivity index (χ0) is 12.0. The van der Waals surface area contributed by atoms with Crippen LogP contribution in [0.3, 0.4) is 0 Å². The SMILES string of the molecule is O=C(ON1C(=O)C2=C(CCC=C2)C1=O)C1CC1. The molecule has 1 aliphatic heterocycles. The summed E-state index contributed by atoms with van der Waals surface area (Å²) in [5, 5.41) is 0.612. The Hall–Kier alpha value is -1.91. The number of carbonyl (C=O) groups is 3. The Morgan fingerprint density at radius 2 is 2.06 bits per heavy atom. The molecule has 0 atom stereocenters. The molecule has 0 unspecified atom stereocenters. The second kappa shape index (κ2) is 3.55. The lowest BCUT2D eigenvalue weighted by Crippen LogP contribution is -2.34. The van der Waals surface area contributed by atoms with E-state index in [0.29, 0.717) is 22.6 Å². The third-order valence-corrected chi connectivity index (χ3v) is 3.12. The van der Waals surface area contributed by atoms with Crippen LogP contribution in [0.5, 0.6) is 0 Å². The summed E-state index contributed by atoms with van der Waals surface area (Å²) in [6, 6.07) is 0. The average Bonchev–Trinajstić information content (AvgIpc) is 3.15. The first-order chi connectivity index (χ1) is 8.18. The third-order valence-electron chi connectivity index (χ3n) is 3.12. The van der Waals surface area contributed by atoms with Gasteiger partial charge in [-0.2, -0.15) is 0 Å². The molecule has 0 N–H and O–H groups in total. The highest BCUT2D eigenvalue weighted by molar-refractivity contribution is 6.20. The number of allylic oxidation sites excluding steroid dienone is 1. The van der Waals surface area contributed by atoms with Crippen molar-refractivity contribution in [2.24, 2.45) is 5.92 Å². The van der Waals surface area contributed by atoms with E-state index in [1.807, 2.05) is 6.08 Å². The topological polar surface area (TPSA) is 63.7 Å². The van der Waals surface area contributed by atoms with E-state index >= 15 is 0 Å². The standard InChI is InChI=1S/C12H11NO4/c14-10-8-3-1-2-4-9(8)11(15)13(10)17-12(16)7-5-6-7/h1,3,7H,2,4-6H2. The van der Waals surface area contributed by atoms with Gasteiger partial charge in [-0.25, -0.2) is 4.79 Å². The summed E-state index contributed by atoms with van der Waals surface area (Å²) in [7, 11) is 0. The number of amides is 2. The van der Waals surface area contributed by atoms with Crippen molar-refractivity contribution in [3.63, 3.8) is 0 Å². The van der Waals surface area contributed by atoms with Crippen molar-refractivity contribution in [1.82, 2.24) is 5.06 Å². The monoisotopic (exact) mass is 233 g/mol.